The van der Waals surface area contributed by atoms with E-state index in [1.165, 1.54) is 0 Å². The highest BCUT2D eigenvalue weighted by molar-refractivity contribution is 5.84. The van der Waals surface area contributed by atoms with Crippen molar-refractivity contribution in [1.82, 2.24) is 15.2 Å². The Morgan fingerprint density at radius 1 is 1.21 bits per heavy atom. The molecule has 2 N–H and O–H groups in total. The number of fused-ring (bicyclic) bond motifs is 1. The lowest BCUT2D eigenvalue weighted by atomic mass is 9.94. The number of aryl methyl sites for hydroxylation is 1. The average Bonchev–Trinajstić information content (AvgIpc) is 2.84. The van der Waals surface area contributed by atoms with Crippen LogP contribution in [0, 0.1) is 6.92 Å². The number of hydrogen-bond donors (Lipinski definition) is 2. The molecule has 0 aliphatic heterocycles. The lowest BCUT2D eigenvalue weighted by molar-refractivity contribution is 0.847. The zero-order valence-corrected chi connectivity index (χ0v) is 10.9. The number of aromatic nitrogens is 3. The van der Waals surface area contributed by atoms with Crippen molar-refractivity contribution in [2.45, 2.75) is 19.8 Å². The zero-order valence-electron chi connectivity index (χ0n) is 10.9. The molecule has 2 aromatic heterocycles. The fourth-order valence-electron chi connectivity index (χ4n) is 2.47. The van der Waals surface area contributed by atoms with Gasteiger partial charge in [-0.15, -0.1) is 0 Å². The lowest BCUT2D eigenvalue weighted by Crippen LogP contribution is -2.17. The summed E-state index contributed by atoms with van der Waals surface area (Å²) in [6.07, 6.45) is 1.98. The summed E-state index contributed by atoms with van der Waals surface area (Å²) >= 11 is 0. The maximum atomic E-state index is 11.9. The van der Waals surface area contributed by atoms with Crippen molar-refractivity contribution >= 4 is 10.9 Å². The van der Waals surface area contributed by atoms with E-state index in [0.717, 1.165) is 27.7 Å². The van der Waals surface area contributed by atoms with E-state index in [4.69, 9.17) is 0 Å². The van der Waals surface area contributed by atoms with Crippen molar-refractivity contribution in [2.75, 3.05) is 0 Å². The summed E-state index contributed by atoms with van der Waals surface area (Å²) in [5.41, 5.74) is 3.67. The van der Waals surface area contributed by atoms with Gasteiger partial charge in [0.25, 0.3) is 5.56 Å². The Kier molecular flexibility index (Phi) is 2.71. The molecule has 0 unspecified atom stereocenters. The molecule has 3 rings (SSSR count). The molecule has 1 aromatic carbocycles. The van der Waals surface area contributed by atoms with Crippen LogP contribution in [0.4, 0.5) is 0 Å². The van der Waals surface area contributed by atoms with E-state index in [9.17, 15) is 4.79 Å². The first kappa shape index (κ1) is 11.7. The second kappa shape index (κ2) is 4.39. The molecule has 0 amide bonds. The first-order chi connectivity index (χ1) is 9.16. The zero-order chi connectivity index (χ0) is 13.4. The SMILES string of the molecule is Cc1cc([C@@H](C)c2c[nH]c3ccccc23)c(=O)[nH]n1. The van der Waals surface area contributed by atoms with Crippen LogP contribution in [0.25, 0.3) is 10.9 Å². The van der Waals surface area contributed by atoms with Crippen LogP contribution in [0.1, 0.15) is 29.7 Å². The van der Waals surface area contributed by atoms with Crippen LogP contribution in [0.2, 0.25) is 0 Å². The molecule has 19 heavy (non-hydrogen) atoms. The van der Waals surface area contributed by atoms with Crippen LogP contribution in [0.3, 0.4) is 0 Å². The van der Waals surface area contributed by atoms with Gasteiger partial charge in [0, 0.05) is 28.6 Å². The summed E-state index contributed by atoms with van der Waals surface area (Å²) in [6.45, 7) is 3.92. The van der Waals surface area contributed by atoms with Gasteiger partial charge in [-0.1, -0.05) is 25.1 Å². The summed E-state index contributed by atoms with van der Waals surface area (Å²) in [5.74, 6) is 0.0293. The molecule has 3 aromatic rings. The Balaban J connectivity index is 2.16. The van der Waals surface area contributed by atoms with Gasteiger partial charge in [0.2, 0.25) is 0 Å². The number of para-hydroxylation sites is 1. The van der Waals surface area contributed by atoms with Crippen LogP contribution in [0.5, 0.6) is 0 Å². The van der Waals surface area contributed by atoms with Crippen LogP contribution >= 0.6 is 0 Å². The van der Waals surface area contributed by atoms with Gasteiger partial charge in [-0.25, -0.2) is 5.10 Å². The van der Waals surface area contributed by atoms with Crippen LogP contribution in [-0.4, -0.2) is 15.2 Å². The fraction of sp³-hybridized carbons (Fsp3) is 0.200. The monoisotopic (exact) mass is 253 g/mol. The largest absolute Gasteiger partial charge is 0.361 e. The Morgan fingerprint density at radius 2 is 2.00 bits per heavy atom. The van der Waals surface area contributed by atoms with Crippen LogP contribution in [0.15, 0.2) is 41.3 Å². The van der Waals surface area contributed by atoms with E-state index in [1.54, 1.807) is 0 Å². The second-order valence-corrected chi connectivity index (χ2v) is 4.81. The van der Waals surface area contributed by atoms with Crippen molar-refractivity contribution < 1.29 is 0 Å². The van der Waals surface area contributed by atoms with Gasteiger partial charge in [-0.2, -0.15) is 5.10 Å². The van der Waals surface area contributed by atoms with Crippen molar-refractivity contribution in [3.8, 4) is 0 Å². The van der Waals surface area contributed by atoms with Gasteiger partial charge in [0.05, 0.1) is 5.69 Å². The van der Waals surface area contributed by atoms with Crippen molar-refractivity contribution in [3.05, 3.63) is 63.7 Å². The van der Waals surface area contributed by atoms with Crippen molar-refractivity contribution in [3.63, 3.8) is 0 Å². The number of benzene rings is 1. The molecule has 4 nitrogen and oxygen atoms in total. The first-order valence-corrected chi connectivity index (χ1v) is 6.29. The summed E-state index contributed by atoms with van der Waals surface area (Å²) < 4.78 is 0. The molecule has 0 aliphatic rings. The van der Waals surface area contributed by atoms with E-state index in [2.05, 4.69) is 21.2 Å². The molecule has 0 fully saturated rings. The molecule has 96 valence electrons. The van der Waals surface area contributed by atoms with Gasteiger partial charge in [-0.05, 0) is 24.6 Å². The number of aromatic amines is 2. The molecule has 4 heteroatoms. The third-order valence-corrected chi connectivity index (χ3v) is 3.51. The number of hydrogen-bond acceptors (Lipinski definition) is 2. The van der Waals surface area contributed by atoms with Gasteiger partial charge >= 0.3 is 0 Å². The molecule has 0 saturated heterocycles. The fourth-order valence-corrected chi connectivity index (χ4v) is 2.47. The maximum Gasteiger partial charge on any atom is 0.267 e. The molecule has 0 radical (unpaired) electrons. The molecule has 0 spiro atoms. The minimum Gasteiger partial charge on any atom is -0.361 e. The predicted molar refractivity (Wildman–Crippen MR) is 75.4 cm³/mol. The predicted octanol–water partition coefficient (Wildman–Crippen LogP) is 2.71. The minimum atomic E-state index is -0.122. The molecule has 0 bridgehead atoms. The molecule has 0 aliphatic carbocycles. The number of H-pyrrole nitrogens is 2. The summed E-state index contributed by atoms with van der Waals surface area (Å²) in [7, 11) is 0. The summed E-state index contributed by atoms with van der Waals surface area (Å²) in [5, 5.41) is 7.62. The van der Waals surface area contributed by atoms with Gasteiger partial charge in [-0.3, -0.25) is 4.79 Å². The lowest BCUT2D eigenvalue weighted by Gasteiger charge is -2.10. The van der Waals surface area contributed by atoms with E-state index >= 15 is 0 Å². The highest BCUT2D eigenvalue weighted by Gasteiger charge is 2.16. The molecule has 2 heterocycles. The summed E-state index contributed by atoms with van der Waals surface area (Å²) in [4.78, 5) is 15.2. The first-order valence-electron chi connectivity index (χ1n) is 6.29. The third kappa shape index (κ3) is 1.95. The van der Waals surface area contributed by atoms with Crippen molar-refractivity contribution in [2.24, 2.45) is 0 Å². The molecular weight excluding hydrogens is 238 g/mol. The van der Waals surface area contributed by atoms with E-state index in [-0.39, 0.29) is 11.5 Å². The highest BCUT2D eigenvalue weighted by Crippen LogP contribution is 2.28. The number of nitrogens with zero attached hydrogens (tertiary/aromatic N) is 1. The molecule has 0 saturated carbocycles. The maximum absolute atomic E-state index is 11.9. The van der Waals surface area contributed by atoms with E-state index in [1.807, 2.05) is 44.3 Å². The Labute approximate surface area is 110 Å². The van der Waals surface area contributed by atoms with Gasteiger partial charge in [0.1, 0.15) is 0 Å². The highest BCUT2D eigenvalue weighted by atomic mass is 16.1. The normalized spacial score (nSPS) is 12.7. The van der Waals surface area contributed by atoms with Gasteiger partial charge < -0.3 is 4.98 Å². The second-order valence-electron chi connectivity index (χ2n) is 4.81. The number of rotatable bonds is 2. The van der Waals surface area contributed by atoms with E-state index in [0.29, 0.717) is 0 Å². The molecular formula is C15H15N3O. The quantitative estimate of drug-likeness (QED) is 0.737. The van der Waals surface area contributed by atoms with Crippen LogP contribution in [-0.2, 0) is 0 Å². The Bertz CT molecular complexity index is 785. The summed E-state index contributed by atoms with van der Waals surface area (Å²) in [6, 6.07) is 9.96. The minimum absolute atomic E-state index is 0.0293. The topological polar surface area (TPSA) is 61.5 Å². The third-order valence-electron chi connectivity index (χ3n) is 3.51. The van der Waals surface area contributed by atoms with Crippen LogP contribution < -0.4 is 5.56 Å². The van der Waals surface area contributed by atoms with Crippen molar-refractivity contribution in [1.29, 1.82) is 0 Å². The Hall–Kier alpha value is -2.36. The average molecular weight is 253 g/mol. The van der Waals surface area contributed by atoms with E-state index < -0.39 is 0 Å². The standard InChI is InChI=1S/C15H15N3O/c1-9-7-12(15(19)18-17-9)10(2)13-8-16-14-6-4-3-5-11(13)14/h3-8,10,16H,1-2H3,(H,18,19)/t10-/m1/s1. The molecule has 1 atom stereocenters. The van der Waals surface area contributed by atoms with Gasteiger partial charge in [0.15, 0.2) is 0 Å². The number of nitrogens with one attached hydrogen (secondary N) is 2. The Morgan fingerprint density at radius 3 is 2.84 bits per heavy atom. The smallest absolute Gasteiger partial charge is 0.267 e.